The lowest BCUT2D eigenvalue weighted by Gasteiger charge is -2.10. The number of rotatable bonds is 4. The van der Waals surface area contributed by atoms with Crippen LogP contribution >= 0.6 is 11.6 Å². The lowest BCUT2D eigenvalue weighted by atomic mass is 10.0. The van der Waals surface area contributed by atoms with E-state index in [-0.39, 0.29) is 11.1 Å². The van der Waals surface area contributed by atoms with E-state index in [4.69, 9.17) is 16.8 Å². The Labute approximate surface area is 171 Å². The Morgan fingerprint density at radius 3 is 2.69 bits per heavy atom. The summed E-state index contributed by atoms with van der Waals surface area (Å²) in [5.74, 6) is -0.686. The van der Waals surface area contributed by atoms with Gasteiger partial charge in [0.1, 0.15) is 0 Å². The molecule has 3 aromatic carbocycles. The van der Waals surface area contributed by atoms with Gasteiger partial charge in [-0.05, 0) is 41.5 Å². The molecule has 4 rings (SSSR count). The predicted molar refractivity (Wildman–Crippen MR) is 111 cm³/mol. The monoisotopic (exact) mass is 405 g/mol. The minimum absolute atomic E-state index is 0.178. The van der Waals surface area contributed by atoms with E-state index in [0.29, 0.717) is 22.5 Å². The number of carbonyl (C=O) groups is 1. The van der Waals surface area contributed by atoms with Crippen molar-refractivity contribution in [3.05, 3.63) is 99.6 Å². The van der Waals surface area contributed by atoms with Gasteiger partial charge >= 0.3 is 0 Å². The van der Waals surface area contributed by atoms with Crippen molar-refractivity contribution < 1.29 is 10.0 Å². The standard InChI is InChI=1S/C22H16ClN3O3/c23-19-7-2-1-6-17(19)15-5-3-4-14(10-15)12-26-13-24-20-9-8-16(21(27)25-29)11-18(20)22(26)28/h1-11,13,29H,12H2,(H,25,27). The van der Waals surface area contributed by atoms with Gasteiger partial charge in [-0.25, -0.2) is 10.5 Å². The highest BCUT2D eigenvalue weighted by Crippen LogP contribution is 2.28. The second-order valence-corrected chi connectivity index (χ2v) is 6.94. The van der Waals surface area contributed by atoms with E-state index in [0.717, 1.165) is 16.7 Å². The first-order valence-electron chi connectivity index (χ1n) is 8.84. The van der Waals surface area contributed by atoms with Crippen molar-refractivity contribution in [2.24, 2.45) is 0 Å². The second kappa shape index (κ2) is 7.87. The Morgan fingerprint density at radius 2 is 1.90 bits per heavy atom. The molecule has 2 N–H and O–H groups in total. The fourth-order valence-electron chi connectivity index (χ4n) is 3.21. The quantitative estimate of drug-likeness (QED) is 0.398. The Bertz CT molecular complexity index is 1280. The highest BCUT2D eigenvalue weighted by Gasteiger charge is 2.10. The Morgan fingerprint density at radius 1 is 1.07 bits per heavy atom. The van der Waals surface area contributed by atoms with Crippen molar-refractivity contribution in [2.45, 2.75) is 6.54 Å². The predicted octanol–water partition coefficient (Wildman–Crippen LogP) is 3.88. The summed E-state index contributed by atoms with van der Waals surface area (Å²) < 4.78 is 1.48. The number of nitrogens with zero attached hydrogens (tertiary/aromatic N) is 2. The van der Waals surface area contributed by atoms with Gasteiger partial charge in [0.25, 0.3) is 11.5 Å². The average molecular weight is 406 g/mol. The topological polar surface area (TPSA) is 84.2 Å². The van der Waals surface area contributed by atoms with Crippen LogP contribution in [0, 0.1) is 0 Å². The van der Waals surface area contributed by atoms with E-state index >= 15 is 0 Å². The molecule has 0 saturated carbocycles. The van der Waals surface area contributed by atoms with Crippen LogP contribution in [0.2, 0.25) is 5.02 Å². The van der Waals surface area contributed by atoms with E-state index in [9.17, 15) is 9.59 Å². The van der Waals surface area contributed by atoms with E-state index in [1.54, 1.807) is 11.5 Å². The lowest BCUT2D eigenvalue weighted by molar-refractivity contribution is 0.0706. The Hall–Kier alpha value is -3.48. The van der Waals surface area contributed by atoms with Crippen LogP contribution in [0.25, 0.3) is 22.0 Å². The van der Waals surface area contributed by atoms with E-state index in [1.807, 2.05) is 48.5 Å². The smallest absolute Gasteiger partial charge is 0.274 e. The van der Waals surface area contributed by atoms with Crippen molar-refractivity contribution in [1.82, 2.24) is 15.0 Å². The maximum absolute atomic E-state index is 12.9. The number of hydroxylamine groups is 1. The van der Waals surface area contributed by atoms with Crippen molar-refractivity contribution >= 4 is 28.4 Å². The zero-order valence-corrected chi connectivity index (χ0v) is 15.9. The molecular formula is C22H16ClN3O3. The van der Waals surface area contributed by atoms with Gasteiger partial charge in [0.15, 0.2) is 0 Å². The molecule has 1 aromatic heterocycles. The molecule has 0 radical (unpaired) electrons. The molecule has 0 atom stereocenters. The van der Waals surface area contributed by atoms with Crippen molar-refractivity contribution in [1.29, 1.82) is 0 Å². The number of hydrogen-bond donors (Lipinski definition) is 2. The van der Waals surface area contributed by atoms with E-state index < -0.39 is 5.91 Å². The number of carbonyl (C=O) groups excluding carboxylic acids is 1. The van der Waals surface area contributed by atoms with Gasteiger partial charge in [-0.15, -0.1) is 0 Å². The van der Waals surface area contributed by atoms with Gasteiger partial charge in [-0.1, -0.05) is 48.0 Å². The molecule has 0 fully saturated rings. The molecule has 0 aliphatic heterocycles. The van der Waals surface area contributed by atoms with Crippen LogP contribution in [0.3, 0.4) is 0 Å². The van der Waals surface area contributed by atoms with Crippen molar-refractivity contribution in [3.8, 4) is 11.1 Å². The number of hydrogen-bond acceptors (Lipinski definition) is 4. The summed E-state index contributed by atoms with van der Waals surface area (Å²) in [7, 11) is 0. The Kier molecular flexibility index (Phi) is 5.12. The molecule has 1 amide bonds. The fourth-order valence-corrected chi connectivity index (χ4v) is 3.45. The maximum atomic E-state index is 12.9. The molecule has 6 nitrogen and oxygen atoms in total. The van der Waals surface area contributed by atoms with Crippen LogP contribution in [0.5, 0.6) is 0 Å². The molecule has 0 bridgehead atoms. The van der Waals surface area contributed by atoms with Gasteiger partial charge in [0, 0.05) is 16.1 Å². The summed E-state index contributed by atoms with van der Waals surface area (Å²) in [5, 5.41) is 9.77. The third kappa shape index (κ3) is 3.76. The first-order valence-corrected chi connectivity index (χ1v) is 9.22. The summed E-state index contributed by atoms with van der Waals surface area (Å²) in [4.78, 5) is 28.9. The number of amides is 1. The minimum Gasteiger partial charge on any atom is -0.294 e. The van der Waals surface area contributed by atoms with Crippen LogP contribution < -0.4 is 11.0 Å². The van der Waals surface area contributed by atoms with Crippen LogP contribution in [0.1, 0.15) is 15.9 Å². The number of benzene rings is 3. The van der Waals surface area contributed by atoms with Gasteiger partial charge in [-0.3, -0.25) is 19.4 Å². The number of nitrogens with one attached hydrogen (secondary N) is 1. The maximum Gasteiger partial charge on any atom is 0.274 e. The summed E-state index contributed by atoms with van der Waals surface area (Å²) in [6.45, 7) is 0.316. The molecule has 0 saturated heterocycles. The highest BCUT2D eigenvalue weighted by atomic mass is 35.5. The summed E-state index contributed by atoms with van der Waals surface area (Å²) in [6, 6.07) is 19.9. The zero-order chi connectivity index (χ0) is 20.4. The first kappa shape index (κ1) is 18.9. The molecule has 29 heavy (non-hydrogen) atoms. The highest BCUT2D eigenvalue weighted by molar-refractivity contribution is 6.33. The van der Waals surface area contributed by atoms with E-state index in [1.165, 1.54) is 23.0 Å². The van der Waals surface area contributed by atoms with Crippen LogP contribution in [-0.4, -0.2) is 20.7 Å². The zero-order valence-electron chi connectivity index (χ0n) is 15.2. The third-order valence-corrected chi connectivity index (χ3v) is 4.98. The Balaban J connectivity index is 1.72. The second-order valence-electron chi connectivity index (χ2n) is 6.53. The summed E-state index contributed by atoms with van der Waals surface area (Å²) in [6.07, 6.45) is 1.48. The number of aromatic nitrogens is 2. The molecular weight excluding hydrogens is 390 g/mol. The molecule has 0 spiro atoms. The molecule has 0 aliphatic rings. The minimum atomic E-state index is -0.686. The summed E-state index contributed by atoms with van der Waals surface area (Å²) >= 11 is 6.30. The molecule has 144 valence electrons. The SMILES string of the molecule is O=C(NO)c1ccc2ncn(Cc3cccc(-c4ccccc4Cl)c3)c(=O)c2c1. The van der Waals surface area contributed by atoms with Crippen molar-refractivity contribution in [2.75, 3.05) is 0 Å². The van der Waals surface area contributed by atoms with Crippen LogP contribution in [-0.2, 0) is 6.54 Å². The third-order valence-electron chi connectivity index (χ3n) is 4.65. The molecule has 0 unspecified atom stereocenters. The number of halogens is 1. The largest absolute Gasteiger partial charge is 0.294 e. The molecule has 1 heterocycles. The fraction of sp³-hybridized carbons (Fsp3) is 0.0455. The first-order chi connectivity index (χ1) is 14.1. The van der Waals surface area contributed by atoms with Gasteiger partial charge in [0.2, 0.25) is 0 Å². The van der Waals surface area contributed by atoms with Gasteiger partial charge in [-0.2, -0.15) is 0 Å². The molecule has 4 aromatic rings. The van der Waals surface area contributed by atoms with Crippen molar-refractivity contribution in [3.63, 3.8) is 0 Å². The van der Waals surface area contributed by atoms with Crippen LogP contribution in [0.15, 0.2) is 77.9 Å². The molecule has 7 heteroatoms. The normalized spacial score (nSPS) is 10.8. The summed E-state index contributed by atoms with van der Waals surface area (Å²) in [5.41, 5.74) is 4.73. The van der Waals surface area contributed by atoms with Gasteiger partial charge in [0.05, 0.1) is 23.8 Å². The lowest BCUT2D eigenvalue weighted by Crippen LogP contribution is -2.23. The van der Waals surface area contributed by atoms with Gasteiger partial charge < -0.3 is 0 Å². The van der Waals surface area contributed by atoms with E-state index in [2.05, 4.69) is 4.98 Å². The number of fused-ring (bicyclic) bond motifs is 1. The van der Waals surface area contributed by atoms with Crippen LogP contribution in [0.4, 0.5) is 0 Å². The average Bonchev–Trinajstić information content (AvgIpc) is 2.75. The molecule has 0 aliphatic carbocycles.